The first-order valence-corrected chi connectivity index (χ1v) is 6.01. The molecule has 5 nitrogen and oxygen atoms in total. The topological polar surface area (TPSA) is 59.9 Å². The van der Waals surface area contributed by atoms with Gasteiger partial charge in [0.25, 0.3) is 0 Å². The quantitative estimate of drug-likeness (QED) is 0.898. The Hall–Kier alpha value is -1.75. The molecule has 0 saturated heterocycles. The molecule has 0 aliphatic rings. The van der Waals surface area contributed by atoms with Crippen LogP contribution >= 0.6 is 0 Å². The lowest BCUT2D eigenvalue weighted by Gasteiger charge is -2.15. The number of nitrogens with one attached hydrogen (secondary N) is 1. The third-order valence-corrected chi connectivity index (χ3v) is 2.70. The molecule has 96 valence electrons. The number of pyridine rings is 1. The molecule has 0 bridgehead atoms. The molecule has 1 atom stereocenters. The second-order valence-corrected chi connectivity index (χ2v) is 4.53. The number of hydrogen-bond donors (Lipinski definition) is 1. The second kappa shape index (κ2) is 5.27. The van der Waals surface area contributed by atoms with E-state index in [0.29, 0.717) is 6.04 Å². The predicted molar refractivity (Wildman–Crippen MR) is 71.5 cm³/mol. The summed E-state index contributed by atoms with van der Waals surface area (Å²) < 4.78 is 5.31. The zero-order valence-electron chi connectivity index (χ0n) is 11.1. The van der Waals surface area contributed by atoms with Crippen molar-refractivity contribution >= 4 is 16.7 Å². The largest absolute Gasteiger partial charge is 0.375 e. The Balaban J connectivity index is 2.57. The van der Waals surface area contributed by atoms with Crippen LogP contribution in [0, 0.1) is 0 Å². The molecule has 2 heterocycles. The molecule has 0 amide bonds. The van der Waals surface area contributed by atoms with Crippen LogP contribution in [-0.2, 0) is 4.74 Å². The maximum absolute atomic E-state index is 5.31. The Morgan fingerprint density at radius 2 is 2.06 bits per heavy atom. The molecular formula is C13H18N4O. The third kappa shape index (κ3) is 2.56. The number of rotatable bonds is 4. The second-order valence-electron chi connectivity index (χ2n) is 4.53. The van der Waals surface area contributed by atoms with E-state index < -0.39 is 0 Å². The van der Waals surface area contributed by atoms with Gasteiger partial charge in [0.1, 0.15) is 11.8 Å². The van der Waals surface area contributed by atoms with Crippen molar-refractivity contribution in [2.45, 2.75) is 32.9 Å². The molecule has 1 N–H and O–H groups in total. The number of ether oxygens (including phenoxy) is 1. The van der Waals surface area contributed by atoms with Crippen molar-refractivity contribution in [2.24, 2.45) is 0 Å². The molecule has 5 heteroatoms. The monoisotopic (exact) mass is 246 g/mol. The number of fused-ring (bicyclic) bond motifs is 1. The Bertz CT molecular complexity index is 542. The minimum atomic E-state index is -0.0534. The van der Waals surface area contributed by atoms with Gasteiger partial charge in [-0.15, -0.1) is 0 Å². The summed E-state index contributed by atoms with van der Waals surface area (Å²) in [7, 11) is 1.67. The standard InChI is InChI=1S/C13H18N4O/c1-8(2)16-13-12-10(6-14-7-15-12)5-11(17-13)9(3)18-4/h5-9H,1-4H3,(H,16,17). The zero-order valence-corrected chi connectivity index (χ0v) is 11.1. The van der Waals surface area contributed by atoms with Gasteiger partial charge in [-0.2, -0.15) is 0 Å². The van der Waals surface area contributed by atoms with Crippen LogP contribution in [-0.4, -0.2) is 28.1 Å². The highest BCUT2D eigenvalue weighted by Crippen LogP contribution is 2.24. The van der Waals surface area contributed by atoms with E-state index in [1.54, 1.807) is 13.3 Å². The van der Waals surface area contributed by atoms with E-state index in [-0.39, 0.29) is 6.10 Å². The van der Waals surface area contributed by atoms with Crippen LogP contribution < -0.4 is 5.32 Å². The first kappa shape index (κ1) is 12.7. The minimum Gasteiger partial charge on any atom is -0.375 e. The highest BCUT2D eigenvalue weighted by molar-refractivity contribution is 5.87. The van der Waals surface area contributed by atoms with E-state index in [1.165, 1.54) is 6.33 Å². The van der Waals surface area contributed by atoms with Crippen molar-refractivity contribution in [3.05, 3.63) is 24.3 Å². The summed E-state index contributed by atoms with van der Waals surface area (Å²) in [5.41, 5.74) is 1.72. The summed E-state index contributed by atoms with van der Waals surface area (Å²) in [4.78, 5) is 12.9. The van der Waals surface area contributed by atoms with Gasteiger partial charge in [-0.3, -0.25) is 0 Å². The van der Waals surface area contributed by atoms with Gasteiger partial charge in [0, 0.05) is 24.7 Å². The van der Waals surface area contributed by atoms with Gasteiger partial charge in [-0.05, 0) is 26.8 Å². The lowest BCUT2D eigenvalue weighted by Crippen LogP contribution is -2.13. The predicted octanol–water partition coefficient (Wildman–Crippen LogP) is 2.55. The summed E-state index contributed by atoms with van der Waals surface area (Å²) in [6.07, 6.45) is 3.28. The molecule has 2 rings (SSSR count). The van der Waals surface area contributed by atoms with Crippen molar-refractivity contribution in [3.63, 3.8) is 0 Å². The first-order chi connectivity index (χ1) is 8.61. The van der Waals surface area contributed by atoms with Gasteiger partial charge >= 0.3 is 0 Å². The molecular weight excluding hydrogens is 228 g/mol. The summed E-state index contributed by atoms with van der Waals surface area (Å²) in [5.74, 6) is 0.781. The molecule has 0 aromatic carbocycles. The maximum atomic E-state index is 5.31. The van der Waals surface area contributed by atoms with Crippen LogP contribution in [0.4, 0.5) is 5.82 Å². The third-order valence-electron chi connectivity index (χ3n) is 2.70. The summed E-state index contributed by atoms with van der Waals surface area (Å²) in [6, 6.07) is 2.26. The van der Waals surface area contributed by atoms with Gasteiger partial charge in [0.15, 0.2) is 5.82 Å². The van der Waals surface area contributed by atoms with Crippen LogP contribution in [0.5, 0.6) is 0 Å². The SMILES string of the molecule is COC(C)c1cc2cncnc2c(NC(C)C)n1. The number of hydrogen-bond acceptors (Lipinski definition) is 5. The molecule has 2 aromatic rings. The molecule has 0 radical (unpaired) electrons. The van der Waals surface area contributed by atoms with E-state index in [2.05, 4.69) is 34.1 Å². The molecule has 0 aliphatic carbocycles. The van der Waals surface area contributed by atoms with Crippen molar-refractivity contribution in [1.82, 2.24) is 15.0 Å². The van der Waals surface area contributed by atoms with Gasteiger partial charge < -0.3 is 10.1 Å². The van der Waals surface area contributed by atoms with E-state index in [9.17, 15) is 0 Å². The molecule has 0 fully saturated rings. The molecule has 0 spiro atoms. The lowest BCUT2D eigenvalue weighted by atomic mass is 10.2. The van der Waals surface area contributed by atoms with Crippen molar-refractivity contribution < 1.29 is 4.74 Å². The average molecular weight is 246 g/mol. The molecule has 18 heavy (non-hydrogen) atoms. The normalized spacial score (nSPS) is 12.9. The maximum Gasteiger partial charge on any atom is 0.153 e. The fraction of sp³-hybridized carbons (Fsp3) is 0.462. The molecule has 0 saturated carbocycles. The van der Waals surface area contributed by atoms with E-state index in [4.69, 9.17) is 4.74 Å². The molecule has 2 aromatic heterocycles. The summed E-state index contributed by atoms with van der Waals surface area (Å²) in [6.45, 7) is 6.11. The van der Waals surface area contributed by atoms with Gasteiger partial charge in [0.2, 0.25) is 0 Å². The van der Waals surface area contributed by atoms with Crippen LogP contribution in [0.3, 0.4) is 0 Å². The van der Waals surface area contributed by atoms with Crippen molar-refractivity contribution in [1.29, 1.82) is 0 Å². The van der Waals surface area contributed by atoms with Crippen LogP contribution in [0.15, 0.2) is 18.6 Å². The van der Waals surface area contributed by atoms with Crippen LogP contribution in [0.2, 0.25) is 0 Å². The Morgan fingerprint density at radius 1 is 1.28 bits per heavy atom. The van der Waals surface area contributed by atoms with Crippen molar-refractivity contribution in [2.75, 3.05) is 12.4 Å². The molecule has 0 aliphatic heterocycles. The Kier molecular flexibility index (Phi) is 3.72. The zero-order chi connectivity index (χ0) is 13.1. The number of nitrogens with zero attached hydrogens (tertiary/aromatic N) is 3. The number of methoxy groups -OCH3 is 1. The fourth-order valence-corrected chi connectivity index (χ4v) is 1.72. The van der Waals surface area contributed by atoms with Gasteiger partial charge in [0.05, 0.1) is 11.8 Å². The summed E-state index contributed by atoms with van der Waals surface area (Å²) >= 11 is 0. The number of anilines is 1. The van der Waals surface area contributed by atoms with Crippen molar-refractivity contribution in [3.8, 4) is 0 Å². The Morgan fingerprint density at radius 3 is 2.72 bits per heavy atom. The van der Waals surface area contributed by atoms with Crippen LogP contribution in [0.1, 0.15) is 32.6 Å². The van der Waals surface area contributed by atoms with Crippen LogP contribution in [0.25, 0.3) is 10.9 Å². The fourth-order valence-electron chi connectivity index (χ4n) is 1.72. The van der Waals surface area contributed by atoms with Gasteiger partial charge in [-0.25, -0.2) is 15.0 Å². The highest BCUT2D eigenvalue weighted by atomic mass is 16.5. The smallest absolute Gasteiger partial charge is 0.153 e. The van der Waals surface area contributed by atoms with E-state index >= 15 is 0 Å². The number of aromatic nitrogens is 3. The van der Waals surface area contributed by atoms with E-state index in [1.807, 2.05) is 13.0 Å². The minimum absolute atomic E-state index is 0.0534. The Labute approximate surface area is 107 Å². The lowest BCUT2D eigenvalue weighted by molar-refractivity contribution is 0.116. The summed E-state index contributed by atoms with van der Waals surface area (Å²) in [5, 5.41) is 4.28. The first-order valence-electron chi connectivity index (χ1n) is 6.01. The van der Waals surface area contributed by atoms with Gasteiger partial charge in [-0.1, -0.05) is 0 Å². The van der Waals surface area contributed by atoms with E-state index in [0.717, 1.165) is 22.4 Å². The highest BCUT2D eigenvalue weighted by Gasteiger charge is 2.12. The average Bonchev–Trinajstić information content (AvgIpc) is 2.37. The molecule has 1 unspecified atom stereocenters.